The molecule has 12 aromatic rings. The van der Waals surface area contributed by atoms with E-state index in [1.165, 1.54) is 27.8 Å². The van der Waals surface area contributed by atoms with Crippen LogP contribution in [0, 0.1) is 0 Å². The van der Waals surface area contributed by atoms with Crippen molar-refractivity contribution in [1.82, 2.24) is 24.1 Å². The summed E-state index contributed by atoms with van der Waals surface area (Å²) in [6.45, 7) is 4.67. The lowest BCUT2D eigenvalue weighted by Crippen LogP contribution is -2.14. The van der Waals surface area contributed by atoms with Gasteiger partial charge in [0.1, 0.15) is 0 Å². The maximum absolute atomic E-state index is 5.52. The van der Waals surface area contributed by atoms with E-state index in [1.807, 2.05) is 0 Å². The molecular weight excluding hydrogens is 791 g/mol. The molecule has 0 atom stereocenters. The fourth-order valence-corrected chi connectivity index (χ4v) is 10.5. The zero-order chi connectivity index (χ0) is 43.2. The van der Waals surface area contributed by atoms with Crippen LogP contribution in [0.4, 0.5) is 0 Å². The van der Waals surface area contributed by atoms with Crippen LogP contribution in [0.2, 0.25) is 0 Å². The Bertz CT molecular complexity index is 3710. The summed E-state index contributed by atoms with van der Waals surface area (Å²) in [6.07, 6.45) is 0. The van der Waals surface area contributed by atoms with Crippen molar-refractivity contribution in [3.05, 3.63) is 223 Å². The molecule has 0 N–H and O–H groups in total. The number of hydrogen-bond acceptors (Lipinski definition) is 3. The molecule has 5 nitrogen and oxygen atoms in total. The Morgan fingerprint density at radius 3 is 1.42 bits per heavy atom. The van der Waals surface area contributed by atoms with E-state index in [2.05, 4.69) is 235 Å². The number of aromatic nitrogens is 5. The molecule has 0 aliphatic heterocycles. The minimum atomic E-state index is -0.108. The van der Waals surface area contributed by atoms with E-state index in [4.69, 9.17) is 15.0 Å². The van der Waals surface area contributed by atoms with Gasteiger partial charge in [-0.25, -0.2) is 0 Å². The largest absolute Gasteiger partial charge is 0.278 e. The second-order valence-electron chi connectivity index (χ2n) is 17.6. The highest BCUT2D eigenvalue weighted by Crippen LogP contribution is 2.52. The molecule has 3 aromatic heterocycles. The first-order valence-corrected chi connectivity index (χ1v) is 22.3. The van der Waals surface area contributed by atoms with Gasteiger partial charge in [-0.2, -0.15) is 15.0 Å². The van der Waals surface area contributed by atoms with Gasteiger partial charge in [0.25, 0.3) is 0 Å². The average molecular weight is 832 g/mol. The monoisotopic (exact) mass is 831 g/mol. The van der Waals surface area contributed by atoms with Crippen LogP contribution in [-0.4, -0.2) is 24.1 Å². The van der Waals surface area contributed by atoms with Gasteiger partial charge in [-0.1, -0.05) is 196 Å². The van der Waals surface area contributed by atoms with E-state index >= 15 is 0 Å². The summed E-state index contributed by atoms with van der Waals surface area (Å²) in [5, 5.41) is 4.55. The van der Waals surface area contributed by atoms with Crippen LogP contribution in [0.3, 0.4) is 0 Å². The molecular formula is C60H41N5. The van der Waals surface area contributed by atoms with Crippen molar-refractivity contribution in [2.45, 2.75) is 19.3 Å². The van der Waals surface area contributed by atoms with Gasteiger partial charge < -0.3 is 0 Å². The van der Waals surface area contributed by atoms with Gasteiger partial charge in [0, 0.05) is 32.5 Å². The molecule has 0 spiro atoms. The molecule has 0 amide bonds. The standard InChI is InChI=1S/C60H41N5/c1-60(2)50-27-12-9-25-49(50)56-44(26-16-28-51(56)60)42-21-15-22-43(35-42)57-61-58(64-52-29-13-10-23-45(52)46-24-11-14-30-53(46)64)63-59(62-57)65-54-36-40(38-17-5-3-6-18-38)31-33-47(54)48-34-32-41(37-55(48)65)39-19-7-4-8-20-39/h3-37H,1-2H3. The quantitative estimate of drug-likeness (QED) is 0.168. The molecule has 13 rings (SSSR count). The van der Waals surface area contributed by atoms with Crippen LogP contribution < -0.4 is 0 Å². The summed E-state index contributed by atoms with van der Waals surface area (Å²) in [7, 11) is 0. The number of hydrogen-bond donors (Lipinski definition) is 0. The third-order valence-corrected chi connectivity index (χ3v) is 13.6. The lowest BCUT2D eigenvalue weighted by Gasteiger charge is -2.21. The number of rotatable bonds is 6. The fourth-order valence-electron chi connectivity index (χ4n) is 10.5. The van der Waals surface area contributed by atoms with Gasteiger partial charge in [0.2, 0.25) is 11.9 Å². The van der Waals surface area contributed by atoms with Crippen molar-refractivity contribution in [3.63, 3.8) is 0 Å². The molecule has 9 aromatic carbocycles. The molecule has 5 heteroatoms. The molecule has 65 heavy (non-hydrogen) atoms. The lowest BCUT2D eigenvalue weighted by atomic mass is 9.82. The first-order chi connectivity index (χ1) is 32.0. The molecule has 306 valence electrons. The molecule has 3 heterocycles. The number of para-hydroxylation sites is 2. The van der Waals surface area contributed by atoms with E-state index in [0.717, 1.165) is 77.0 Å². The summed E-state index contributed by atoms with van der Waals surface area (Å²) < 4.78 is 4.45. The summed E-state index contributed by atoms with van der Waals surface area (Å²) in [6, 6.07) is 76.0. The highest BCUT2D eigenvalue weighted by Gasteiger charge is 2.36. The number of benzene rings is 9. The van der Waals surface area contributed by atoms with E-state index in [1.54, 1.807) is 0 Å². The molecule has 0 unspecified atom stereocenters. The predicted molar refractivity (Wildman–Crippen MR) is 268 cm³/mol. The first kappa shape index (κ1) is 37.2. The zero-order valence-electron chi connectivity index (χ0n) is 35.9. The van der Waals surface area contributed by atoms with Gasteiger partial charge in [-0.3, -0.25) is 9.13 Å². The second-order valence-corrected chi connectivity index (χ2v) is 17.6. The molecule has 0 fully saturated rings. The maximum Gasteiger partial charge on any atom is 0.240 e. The van der Waals surface area contributed by atoms with Gasteiger partial charge in [0.05, 0.1) is 22.1 Å². The Balaban J connectivity index is 1.10. The SMILES string of the molecule is CC1(C)c2ccccc2-c2c(-c3cccc(-c4nc(-n5c6ccccc6c6ccccc65)nc(-n5c6cc(-c7ccccc7)ccc6c6ccc(-c7ccccc7)cc65)n4)c3)cccc21. The smallest absolute Gasteiger partial charge is 0.240 e. The van der Waals surface area contributed by atoms with Crippen molar-refractivity contribution >= 4 is 43.6 Å². The van der Waals surface area contributed by atoms with Crippen LogP contribution in [0.5, 0.6) is 0 Å². The zero-order valence-corrected chi connectivity index (χ0v) is 35.9. The predicted octanol–water partition coefficient (Wildman–Crippen LogP) is 15.0. The minimum Gasteiger partial charge on any atom is -0.278 e. The van der Waals surface area contributed by atoms with Crippen molar-refractivity contribution in [2.75, 3.05) is 0 Å². The summed E-state index contributed by atoms with van der Waals surface area (Å²) in [5.41, 5.74) is 17.0. The summed E-state index contributed by atoms with van der Waals surface area (Å²) in [5.74, 6) is 1.69. The normalized spacial score (nSPS) is 12.9. The molecule has 0 radical (unpaired) electrons. The van der Waals surface area contributed by atoms with Crippen molar-refractivity contribution < 1.29 is 0 Å². The Kier molecular flexibility index (Phi) is 8.18. The molecule has 0 bridgehead atoms. The number of fused-ring (bicyclic) bond motifs is 9. The highest BCUT2D eigenvalue weighted by molar-refractivity contribution is 6.11. The Morgan fingerprint density at radius 2 is 0.785 bits per heavy atom. The van der Waals surface area contributed by atoms with Gasteiger partial charge in [0.15, 0.2) is 5.82 Å². The van der Waals surface area contributed by atoms with Gasteiger partial charge in [-0.05, 0) is 86.0 Å². The van der Waals surface area contributed by atoms with E-state index in [0.29, 0.717) is 17.7 Å². The third kappa shape index (κ3) is 5.75. The Morgan fingerprint density at radius 1 is 0.323 bits per heavy atom. The van der Waals surface area contributed by atoms with Gasteiger partial charge in [-0.15, -0.1) is 0 Å². The highest BCUT2D eigenvalue weighted by atomic mass is 15.3. The first-order valence-electron chi connectivity index (χ1n) is 22.3. The van der Waals surface area contributed by atoms with E-state index in [9.17, 15) is 0 Å². The molecule has 1 aliphatic rings. The van der Waals surface area contributed by atoms with E-state index in [-0.39, 0.29) is 5.41 Å². The fraction of sp³-hybridized carbons (Fsp3) is 0.0500. The van der Waals surface area contributed by atoms with Crippen LogP contribution in [0.1, 0.15) is 25.0 Å². The van der Waals surface area contributed by atoms with Crippen molar-refractivity contribution in [3.8, 4) is 67.8 Å². The topological polar surface area (TPSA) is 48.5 Å². The average Bonchev–Trinajstić information content (AvgIpc) is 3.97. The summed E-state index contributed by atoms with van der Waals surface area (Å²) >= 11 is 0. The van der Waals surface area contributed by atoms with Crippen LogP contribution in [0.25, 0.3) is 111 Å². The summed E-state index contributed by atoms with van der Waals surface area (Å²) in [4.78, 5) is 16.5. The number of nitrogens with zero attached hydrogens (tertiary/aromatic N) is 5. The Hall–Kier alpha value is -8.41. The molecule has 0 saturated heterocycles. The molecule has 0 saturated carbocycles. The molecule has 1 aliphatic carbocycles. The van der Waals surface area contributed by atoms with E-state index < -0.39 is 0 Å². The van der Waals surface area contributed by atoms with Crippen molar-refractivity contribution in [1.29, 1.82) is 0 Å². The lowest BCUT2D eigenvalue weighted by molar-refractivity contribution is 0.660. The van der Waals surface area contributed by atoms with Crippen molar-refractivity contribution in [2.24, 2.45) is 0 Å². The third-order valence-electron chi connectivity index (χ3n) is 13.6. The Labute approximate surface area is 376 Å². The second kappa shape index (κ2) is 14.3. The van der Waals surface area contributed by atoms with Gasteiger partial charge >= 0.3 is 0 Å². The van der Waals surface area contributed by atoms with Crippen LogP contribution in [-0.2, 0) is 5.41 Å². The maximum atomic E-state index is 5.52. The van der Waals surface area contributed by atoms with Crippen LogP contribution >= 0.6 is 0 Å². The van der Waals surface area contributed by atoms with Crippen LogP contribution in [0.15, 0.2) is 212 Å². The minimum absolute atomic E-state index is 0.108.